The first-order chi connectivity index (χ1) is 8.33. The molecule has 0 aliphatic carbocycles. The molecule has 0 unspecified atom stereocenters. The monoisotopic (exact) mass is 242 g/mol. The van der Waals surface area contributed by atoms with E-state index >= 15 is 0 Å². The molecule has 0 saturated heterocycles. The van der Waals surface area contributed by atoms with Crippen LogP contribution in [0.5, 0.6) is 0 Å². The molecule has 3 heteroatoms. The van der Waals surface area contributed by atoms with E-state index in [4.69, 9.17) is 11.6 Å². The van der Waals surface area contributed by atoms with Crippen LogP contribution >= 0.6 is 11.6 Å². The summed E-state index contributed by atoms with van der Waals surface area (Å²) in [5.74, 6) is 0. The Labute approximate surface area is 104 Å². The van der Waals surface area contributed by atoms with Crippen LogP contribution in [0.3, 0.4) is 0 Å². The second kappa shape index (κ2) is 4.15. The second-order valence-corrected chi connectivity index (χ2v) is 4.30. The Bertz CT molecular complexity index is 641. The van der Waals surface area contributed by atoms with E-state index in [1.165, 1.54) is 5.39 Å². The highest BCUT2D eigenvalue weighted by Crippen LogP contribution is 2.17. The Morgan fingerprint density at radius 3 is 2.47 bits per heavy atom. The number of hydrogen-bond donors (Lipinski definition) is 1. The molecule has 17 heavy (non-hydrogen) atoms. The SMILES string of the molecule is Clc1ccc(Nn2ccc3ccccc32)cc1. The van der Waals surface area contributed by atoms with Crippen molar-refractivity contribution in [3.8, 4) is 0 Å². The fourth-order valence-electron chi connectivity index (χ4n) is 1.84. The van der Waals surface area contributed by atoms with Crippen molar-refractivity contribution >= 4 is 28.2 Å². The molecule has 0 atom stereocenters. The summed E-state index contributed by atoms with van der Waals surface area (Å²) in [7, 11) is 0. The van der Waals surface area contributed by atoms with E-state index in [9.17, 15) is 0 Å². The average molecular weight is 243 g/mol. The van der Waals surface area contributed by atoms with Crippen LogP contribution in [-0.2, 0) is 0 Å². The predicted octanol–water partition coefficient (Wildman–Crippen LogP) is 4.17. The Hall–Kier alpha value is -1.93. The third kappa shape index (κ3) is 1.99. The molecule has 1 N–H and O–H groups in total. The van der Waals surface area contributed by atoms with Gasteiger partial charge in [-0.25, -0.2) is 0 Å². The number of anilines is 1. The highest BCUT2D eigenvalue weighted by Gasteiger charge is 1.99. The molecular formula is C14H11ClN2. The van der Waals surface area contributed by atoms with Gasteiger partial charge in [0, 0.05) is 16.6 Å². The standard InChI is InChI=1S/C14H11ClN2/c15-12-5-7-13(8-6-12)16-17-10-9-11-3-1-2-4-14(11)17/h1-10,16H. The lowest BCUT2D eigenvalue weighted by Gasteiger charge is -2.09. The van der Waals surface area contributed by atoms with Gasteiger partial charge in [-0.1, -0.05) is 29.8 Å². The highest BCUT2D eigenvalue weighted by atomic mass is 35.5. The molecule has 0 radical (unpaired) electrons. The second-order valence-electron chi connectivity index (χ2n) is 3.86. The number of nitrogens with one attached hydrogen (secondary N) is 1. The molecule has 0 saturated carbocycles. The zero-order valence-electron chi connectivity index (χ0n) is 9.10. The van der Waals surface area contributed by atoms with Gasteiger partial charge in [0.05, 0.1) is 11.2 Å². The third-order valence-electron chi connectivity index (χ3n) is 2.69. The maximum atomic E-state index is 5.85. The maximum Gasteiger partial charge on any atom is 0.0696 e. The summed E-state index contributed by atoms with van der Waals surface area (Å²) in [4.78, 5) is 0. The molecule has 0 aliphatic heterocycles. The van der Waals surface area contributed by atoms with Crippen molar-refractivity contribution in [2.24, 2.45) is 0 Å². The van der Waals surface area contributed by atoms with Gasteiger partial charge in [0.2, 0.25) is 0 Å². The fourth-order valence-corrected chi connectivity index (χ4v) is 1.97. The summed E-state index contributed by atoms with van der Waals surface area (Å²) >= 11 is 5.85. The van der Waals surface area contributed by atoms with Gasteiger partial charge in [0.15, 0.2) is 0 Å². The maximum absolute atomic E-state index is 5.85. The Kier molecular flexibility index (Phi) is 2.50. The van der Waals surface area contributed by atoms with Crippen molar-refractivity contribution in [2.45, 2.75) is 0 Å². The minimum Gasteiger partial charge on any atom is -0.294 e. The molecule has 1 heterocycles. The molecule has 84 valence electrons. The number of nitrogens with zero attached hydrogens (tertiary/aromatic N) is 1. The van der Waals surface area contributed by atoms with E-state index in [-0.39, 0.29) is 0 Å². The van der Waals surface area contributed by atoms with Gasteiger partial charge < -0.3 is 0 Å². The molecule has 3 aromatic rings. The lowest BCUT2D eigenvalue weighted by atomic mass is 10.3. The number of rotatable bonds is 2. The first-order valence-electron chi connectivity index (χ1n) is 5.42. The third-order valence-corrected chi connectivity index (χ3v) is 2.95. The summed E-state index contributed by atoms with van der Waals surface area (Å²) in [5.41, 5.74) is 5.48. The van der Waals surface area contributed by atoms with Crippen LogP contribution in [0.4, 0.5) is 5.69 Å². The quantitative estimate of drug-likeness (QED) is 0.714. The number of fused-ring (bicyclic) bond motifs is 1. The van der Waals surface area contributed by atoms with E-state index in [0.717, 1.165) is 16.2 Å². The van der Waals surface area contributed by atoms with Crippen molar-refractivity contribution in [1.29, 1.82) is 0 Å². The lowest BCUT2D eigenvalue weighted by molar-refractivity contribution is 1.01. The Balaban J connectivity index is 1.97. The van der Waals surface area contributed by atoms with Gasteiger partial charge in [-0.05, 0) is 36.4 Å². The van der Waals surface area contributed by atoms with Crippen molar-refractivity contribution in [3.63, 3.8) is 0 Å². The van der Waals surface area contributed by atoms with Crippen LogP contribution < -0.4 is 5.43 Å². The molecule has 0 bridgehead atoms. The molecule has 2 aromatic carbocycles. The summed E-state index contributed by atoms with van der Waals surface area (Å²) in [6, 6.07) is 18.0. The Morgan fingerprint density at radius 2 is 1.65 bits per heavy atom. The van der Waals surface area contributed by atoms with Crippen LogP contribution in [0.25, 0.3) is 10.9 Å². The number of aromatic nitrogens is 1. The van der Waals surface area contributed by atoms with Gasteiger partial charge >= 0.3 is 0 Å². The number of hydrogen-bond acceptors (Lipinski definition) is 1. The first kappa shape index (κ1) is 10.2. The zero-order chi connectivity index (χ0) is 11.7. The largest absolute Gasteiger partial charge is 0.294 e. The van der Waals surface area contributed by atoms with Crippen molar-refractivity contribution in [2.75, 3.05) is 5.43 Å². The number of para-hydroxylation sites is 1. The zero-order valence-corrected chi connectivity index (χ0v) is 9.85. The average Bonchev–Trinajstić information content (AvgIpc) is 2.76. The van der Waals surface area contributed by atoms with E-state index < -0.39 is 0 Å². The van der Waals surface area contributed by atoms with Crippen LogP contribution in [0, 0.1) is 0 Å². The van der Waals surface area contributed by atoms with Crippen molar-refractivity contribution < 1.29 is 0 Å². The summed E-state index contributed by atoms with van der Waals surface area (Å²) in [6.07, 6.45) is 2.01. The highest BCUT2D eigenvalue weighted by molar-refractivity contribution is 6.30. The van der Waals surface area contributed by atoms with E-state index in [1.807, 2.05) is 47.3 Å². The van der Waals surface area contributed by atoms with E-state index in [2.05, 4.69) is 23.6 Å². The molecule has 2 nitrogen and oxygen atoms in total. The van der Waals surface area contributed by atoms with Crippen molar-refractivity contribution in [1.82, 2.24) is 4.68 Å². The fraction of sp³-hybridized carbons (Fsp3) is 0. The minimum atomic E-state index is 0.743. The normalized spacial score (nSPS) is 10.6. The van der Waals surface area contributed by atoms with Crippen LogP contribution in [0.15, 0.2) is 60.8 Å². The number of benzene rings is 2. The lowest BCUT2D eigenvalue weighted by Crippen LogP contribution is -2.06. The summed E-state index contributed by atoms with van der Waals surface area (Å²) in [5, 5.41) is 1.96. The van der Waals surface area contributed by atoms with Gasteiger partial charge in [0.25, 0.3) is 0 Å². The molecule has 1 aromatic heterocycles. The van der Waals surface area contributed by atoms with Gasteiger partial charge in [0.1, 0.15) is 0 Å². The Morgan fingerprint density at radius 1 is 0.882 bits per heavy atom. The molecule has 0 fully saturated rings. The molecule has 3 rings (SSSR count). The topological polar surface area (TPSA) is 17.0 Å². The van der Waals surface area contributed by atoms with Gasteiger partial charge in [-0.15, -0.1) is 0 Å². The van der Waals surface area contributed by atoms with Crippen molar-refractivity contribution in [3.05, 3.63) is 65.8 Å². The number of halogens is 1. The van der Waals surface area contributed by atoms with E-state index in [0.29, 0.717) is 0 Å². The minimum absolute atomic E-state index is 0.743. The molecule has 0 aliphatic rings. The first-order valence-corrected chi connectivity index (χ1v) is 5.79. The summed E-state index contributed by atoms with van der Waals surface area (Å²) in [6.45, 7) is 0. The molecular weight excluding hydrogens is 232 g/mol. The summed E-state index contributed by atoms with van der Waals surface area (Å²) < 4.78 is 2.00. The van der Waals surface area contributed by atoms with E-state index in [1.54, 1.807) is 0 Å². The molecule has 0 amide bonds. The van der Waals surface area contributed by atoms with Crippen LogP contribution in [-0.4, -0.2) is 4.68 Å². The molecule has 0 spiro atoms. The smallest absolute Gasteiger partial charge is 0.0696 e. The van der Waals surface area contributed by atoms with Gasteiger partial charge in [-0.3, -0.25) is 10.1 Å². The van der Waals surface area contributed by atoms with Crippen LogP contribution in [0.2, 0.25) is 5.02 Å². The predicted molar refractivity (Wildman–Crippen MR) is 72.4 cm³/mol. The van der Waals surface area contributed by atoms with Gasteiger partial charge in [-0.2, -0.15) is 0 Å². The van der Waals surface area contributed by atoms with Crippen LogP contribution in [0.1, 0.15) is 0 Å².